The maximum absolute atomic E-state index is 13.2. The van der Waals surface area contributed by atoms with Gasteiger partial charge in [0.25, 0.3) is 0 Å². The molecule has 0 saturated heterocycles. The number of halogens is 3. The number of rotatable bonds is 7. The third kappa shape index (κ3) is 3.46. The summed E-state index contributed by atoms with van der Waals surface area (Å²) in [7, 11) is -4.36. The first-order chi connectivity index (χ1) is 6.43. The second-order valence-corrected chi connectivity index (χ2v) is 4.98. The van der Waals surface area contributed by atoms with E-state index in [1.807, 2.05) is 0 Å². The highest BCUT2D eigenvalue weighted by Gasteiger charge is 2.52. The molecule has 0 radical (unpaired) electrons. The Bertz CT molecular complexity index is 203. The maximum Gasteiger partial charge on any atom is 0.399 e. The zero-order chi connectivity index (χ0) is 11.2. The van der Waals surface area contributed by atoms with Gasteiger partial charge in [0, 0.05) is 12.3 Å². The summed E-state index contributed by atoms with van der Waals surface area (Å²) < 4.78 is 47.1. The van der Waals surface area contributed by atoms with Crippen LogP contribution in [0.1, 0.15) is 20.3 Å². The van der Waals surface area contributed by atoms with Gasteiger partial charge >= 0.3 is 13.3 Å². The van der Waals surface area contributed by atoms with Crippen LogP contribution in [0.4, 0.5) is 8.78 Å². The van der Waals surface area contributed by atoms with E-state index < -0.39 is 19.7 Å². The van der Waals surface area contributed by atoms with Crippen LogP contribution < -0.4 is 0 Å². The lowest BCUT2D eigenvalue weighted by Gasteiger charge is -2.24. The highest BCUT2D eigenvalue weighted by Crippen LogP contribution is 2.63. The lowest BCUT2D eigenvalue weighted by molar-refractivity contribution is 0.0365. The van der Waals surface area contributed by atoms with Gasteiger partial charge in [-0.25, -0.2) is 0 Å². The Morgan fingerprint density at radius 2 is 1.71 bits per heavy atom. The first-order valence-electron chi connectivity index (χ1n) is 4.26. The van der Waals surface area contributed by atoms with Crippen LogP contribution >= 0.6 is 19.2 Å². The highest BCUT2D eigenvalue weighted by atomic mass is 35.5. The molecule has 0 aliphatic rings. The lowest BCUT2D eigenvalue weighted by atomic mass is 10.5. The smallest absolute Gasteiger partial charge is 0.305 e. The zero-order valence-corrected chi connectivity index (χ0v) is 9.78. The summed E-state index contributed by atoms with van der Waals surface area (Å²) >= 11 is 5.18. The van der Waals surface area contributed by atoms with Crippen LogP contribution in [0.25, 0.3) is 0 Å². The Hall–Kier alpha value is 0.300. The van der Waals surface area contributed by atoms with Crippen molar-refractivity contribution in [2.24, 2.45) is 0 Å². The lowest BCUT2D eigenvalue weighted by Crippen LogP contribution is -2.21. The second-order valence-electron chi connectivity index (χ2n) is 2.44. The molecular formula is C7H14ClF2O3P. The average molecular weight is 251 g/mol. The molecular weight excluding hydrogens is 236 g/mol. The number of hydrogen-bond donors (Lipinski definition) is 0. The van der Waals surface area contributed by atoms with Gasteiger partial charge in [-0.3, -0.25) is 4.57 Å². The summed E-state index contributed by atoms with van der Waals surface area (Å²) in [5, 5.41) is 0. The first-order valence-corrected chi connectivity index (χ1v) is 6.34. The van der Waals surface area contributed by atoms with Crippen molar-refractivity contribution in [2.75, 3.05) is 19.1 Å². The van der Waals surface area contributed by atoms with Crippen LogP contribution in [-0.2, 0) is 13.6 Å². The van der Waals surface area contributed by atoms with E-state index >= 15 is 0 Å². The van der Waals surface area contributed by atoms with Crippen LogP contribution in [0.15, 0.2) is 0 Å². The minimum Gasteiger partial charge on any atom is -0.305 e. The standard InChI is InChI=1S/C7H14ClF2O3P/c1-3-12-14(11,13-4-2)7(9,10)5-6-8/h3-6H2,1-2H3. The molecule has 0 unspecified atom stereocenters. The van der Waals surface area contributed by atoms with Gasteiger partial charge in [-0.1, -0.05) is 0 Å². The molecule has 3 nitrogen and oxygen atoms in total. The summed E-state index contributed by atoms with van der Waals surface area (Å²) in [4.78, 5) is 0. The topological polar surface area (TPSA) is 35.5 Å². The molecule has 0 aliphatic carbocycles. The van der Waals surface area contributed by atoms with Crippen molar-refractivity contribution in [1.29, 1.82) is 0 Å². The summed E-state index contributed by atoms with van der Waals surface area (Å²) in [5.74, 6) is -0.295. The fourth-order valence-electron chi connectivity index (χ4n) is 0.817. The zero-order valence-electron chi connectivity index (χ0n) is 8.13. The van der Waals surface area contributed by atoms with Gasteiger partial charge in [-0.05, 0) is 13.8 Å². The van der Waals surface area contributed by atoms with Gasteiger partial charge in [-0.15, -0.1) is 11.6 Å². The molecule has 7 heteroatoms. The van der Waals surface area contributed by atoms with Gasteiger partial charge in [0.2, 0.25) is 0 Å². The van der Waals surface area contributed by atoms with Gasteiger partial charge in [-0.2, -0.15) is 8.78 Å². The molecule has 0 atom stereocenters. The Morgan fingerprint density at radius 1 is 1.29 bits per heavy atom. The SMILES string of the molecule is CCOP(=O)(OCC)C(F)(F)CCCl. The van der Waals surface area contributed by atoms with E-state index in [0.717, 1.165) is 0 Å². The number of alkyl halides is 3. The third-order valence-electron chi connectivity index (χ3n) is 1.39. The van der Waals surface area contributed by atoms with E-state index in [-0.39, 0.29) is 19.1 Å². The molecule has 0 aliphatic heterocycles. The van der Waals surface area contributed by atoms with Crippen molar-refractivity contribution in [3.8, 4) is 0 Å². The summed E-state index contributed by atoms with van der Waals surface area (Å²) in [6.45, 7) is 2.77. The van der Waals surface area contributed by atoms with Crippen molar-refractivity contribution in [1.82, 2.24) is 0 Å². The molecule has 0 spiro atoms. The van der Waals surface area contributed by atoms with Crippen molar-refractivity contribution >= 4 is 19.2 Å². The average Bonchev–Trinajstić information content (AvgIpc) is 2.04. The van der Waals surface area contributed by atoms with Crippen LogP contribution in [0, 0.1) is 0 Å². The van der Waals surface area contributed by atoms with Crippen LogP contribution in [-0.4, -0.2) is 24.8 Å². The van der Waals surface area contributed by atoms with E-state index in [9.17, 15) is 13.3 Å². The van der Waals surface area contributed by atoms with Crippen LogP contribution in [0.2, 0.25) is 0 Å². The number of hydrogen-bond acceptors (Lipinski definition) is 3. The minimum atomic E-state index is -4.36. The van der Waals surface area contributed by atoms with Gasteiger partial charge in [0.1, 0.15) is 0 Å². The van der Waals surface area contributed by atoms with E-state index in [0.29, 0.717) is 0 Å². The predicted molar refractivity (Wildman–Crippen MR) is 51.1 cm³/mol. The predicted octanol–water partition coefficient (Wildman–Crippen LogP) is 3.47. The molecule has 86 valence electrons. The Labute approximate surface area is 87.3 Å². The largest absolute Gasteiger partial charge is 0.399 e. The molecule has 0 amide bonds. The Morgan fingerprint density at radius 3 is 2.00 bits per heavy atom. The maximum atomic E-state index is 13.2. The fourth-order valence-corrected chi connectivity index (χ4v) is 2.70. The Kier molecular flexibility index (Phi) is 6.14. The summed E-state index contributed by atoms with van der Waals surface area (Å²) in [6, 6.07) is 0. The molecule has 0 saturated carbocycles. The van der Waals surface area contributed by atoms with Gasteiger partial charge in [0.05, 0.1) is 13.2 Å². The molecule has 0 N–H and O–H groups in total. The van der Waals surface area contributed by atoms with E-state index in [4.69, 9.17) is 11.6 Å². The van der Waals surface area contributed by atoms with Gasteiger partial charge < -0.3 is 9.05 Å². The Balaban J connectivity index is 4.69. The van der Waals surface area contributed by atoms with Crippen molar-refractivity contribution in [3.05, 3.63) is 0 Å². The molecule has 14 heavy (non-hydrogen) atoms. The third-order valence-corrected chi connectivity index (χ3v) is 3.80. The fraction of sp³-hybridized carbons (Fsp3) is 1.00. The molecule has 0 bridgehead atoms. The van der Waals surface area contributed by atoms with Crippen LogP contribution in [0.5, 0.6) is 0 Å². The van der Waals surface area contributed by atoms with Crippen molar-refractivity contribution in [3.63, 3.8) is 0 Å². The van der Waals surface area contributed by atoms with Gasteiger partial charge in [0.15, 0.2) is 0 Å². The molecule has 0 heterocycles. The summed E-state index contributed by atoms with van der Waals surface area (Å²) in [6.07, 6.45) is -0.716. The second kappa shape index (κ2) is 6.01. The van der Waals surface area contributed by atoms with Crippen LogP contribution in [0.3, 0.4) is 0 Å². The molecule has 0 aromatic rings. The van der Waals surface area contributed by atoms with E-state index in [1.54, 1.807) is 0 Å². The van der Waals surface area contributed by atoms with Crippen molar-refractivity contribution < 1.29 is 22.4 Å². The van der Waals surface area contributed by atoms with E-state index in [2.05, 4.69) is 9.05 Å². The monoisotopic (exact) mass is 250 g/mol. The first kappa shape index (κ1) is 14.3. The quantitative estimate of drug-likeness (QED) is 0.513. The highest BCUT2D eigenvalue weighted by molar-refractivity contribution is 7.55. The van der Waals surface area contributed by atoms with Crippen molar-refractivity contribution in [2.45, 2.75) is 25.9 Å². The summed E-state index contributed by atoms with van der Waals surface area (Å²) in [5.41, 5.74) is -3.51. The molecule has 0 aromatic heterocycles. The molecule has 0 fully saturated rings. The normalized spacial score (nSPS) is 13.2. The van der Waals surface area contributed by atoms with E-state index in [1.165, 1.54) is 13.8 Å². The molecule has 0 rings (SSSR count). The minimum absolute atomic E-state index is 0.0881. The molecule has 0 aromatic carbocycles.